The number of carbonyl (C=O) groups is 3. The number of carboxylic acids is 1. The van der Waals surface area contributed by atoms with Crippen molar-refractivity contribution in [2.45, 2.75) is 19.8 Å². The second kappa shape index (κ2) is 5.13. The number of anilines is 1. The first kappa shape index (κ1) is 13.7. The molecule has 1 fully saturated rings. The molecule has 2 amide bonds. The van der Waals surface area contributed by atoms with Crippen LogP contribution in [0.25, 0.3) is 0 Å². The number of halogens is 1. The van der Waals surface area contributed by atoms with Crippen molar-refractivity contribution >= 4 is 39.4 Å². The summed E-state index contributed by atoms with van der Waals surface area (Å²) in [6.07, 6.45) is 0.637. The van der Waals surface area contributed by atoms with Crippen molar-refractivity contribution < 1.29 is 19.5 Å². The largest absolute Gasteiger partial charge is 0.478 e. The van der Waals surface area contributed by atoms with Crippen LogP contribution in [0.4, 0.5) is 5.69 Å². The molecule has 0 aliphatic carbocycles. The number of carboxylic acid groups (broad SMARTS) is 1. The van der Waals surface area contributed by atoms with Crippen LogP contribution in [0.1, 0.15) is 30.1 Å². The van der Waals surface area contributed by atoms with Crippen molar-refractivity contribution in [3.05, 3.63) is 28.2 Å². The Hall–Kier alpha value is -1.69. The molecule has 0 bridgehead atoms. The minimum Gasteiger partial charge on any atom is -0.478 e. The van der Waals surface area contributed by atoms with Gasteiger partial charge in [-0.2, -0.15) is 0 Å². The van der Waals surface area contributed by atoms with Crippen LogP contribution in [-0.4, -0.2) is 22.9 Å². The Morgan fingerprint density at radius 3 is 2.37 bits per heavy atom. The maximum Gasteiger partial charge on any atom is 0.335 e. The number of piperidine rings is 1. The third kappa shape index (κ3) is 2.68. The number of imide groups is 1. The number of benzene rings is 1. The van der Waals surface area contributed by atoms with Gasteiger partial charge in [0.1, 0.15) is 0 Å². The number of hydrogen-bond donors (Lipinski definition) is 1. The zero-order valence-electron chi connectivity index (χ0n) is 10.2. The van der Waals surface area contributed by atoms with Crippen molar-refractivity contribution in [2.75, 3.05) is 4.90 Å². The predicted molar refractivity (Wildman–Crippen MR) is 72.0 cm³/mol. The van der Waals surface area contributed by atoms with Crippen LogP contribution in [0.15, 0.2) is 22.7 Å². The summed E-state index contributed by atoms with van der Waals surface area (Å²) in [5.41, 5.74) is 0.493. The van der Waals surface area contributed by atoms with E-state index >= 15 is 0 Å². The zero-order valence-corrected chi connectivity index (χ0v) is 11.8. The molecular formula is C13H12BrNO4. The van der Waals surface area contributed by atoms with E-state index in [9.17, 15) is 14.4 Å². The van der Waals surface area contributed by atoms with Gasteiger partial charge in [0.25, 0.3) is 0 Å². The van der Waals surface area contributed by atoms with Crippen LogP contribution in [0.3, 0.4) is 0 Å². The normalized spacial score (nSPS) is 16.8. The molecule has 2 rings (SSSR count). The number of amides is 2. The molecule has 0 atom stereocenters. The lowest BCUT2D eigenvalue weighted by molar-refractivity contribution is -0.130. The van der Waals surface area contributed by atoms with E-state index in [4.69, 9.17) is 5.11 Å². The molecule has 6 heteroatoms. The average molecular weight is 326 g/mol. The minimum atomic E-state index is -1.06. The number of hydrogen-bond acceptors (Lipinski definition) is 3. The molecule has 1 aromatic rings. The average Bonchev–Trinajstić information content (AvgIpc) is 2.29. The fraction of sp³-hybridized carbons (Fsp3) is 0.308. The van der Waals surface area contributed by atoms with Crippen LogP contribution in [-0.2, 0) is 9.59 Å². The molecule has 0 unspecified atom stereocenters. The first-order valence-corrected chi connectivity index (χ1v) is 6.58. The standard InChI is InChI=1S/C13H12BrNO4/c1-7-4-11(16)15(12(17)5-7)10-3-2-8(13(18)19)6-9(10)14/h2-3,6-7H,4-5H2,1H3,(H,18,19). The van der Waals surface area contributed by atoms with Gasteiger partial charge in [-0.1, -0.05) is 6.92 Å². The van der Waals surface area contributed by atoms with Crippen LogP contribution in [0.2, 0.25) is 0 Å². The lowest BCUT2D eigenvalue weighted by atomic mass is 9.97. The Morgan fingerprint density at radius 1 is 1.32 bits per heavy atom. The molecular weight excluding hydrogens is 314 g/mol. The lowest BCUT2D eigenvalue weighted by Gasteiger charge is -2.29. The van der Waals surface area contributed by atoms with E-state index < -0.39 is 5.97 Å². The van der Waals surface area contributed by atoms with E-state index in [-0.39, 0.29) is 23.3 Å². The fourth-order valence-electron chi connectivity index (χ4n) is 2.08. The summed E-state index contributed by atoms with van der Waals surface area (Å²) in [7, 11) is 0. The summed E-state index contributed by atoms with van der Waals surface area (Å²) >= 11 is 3.21. The number of aromatic carboxylic acids is 1. The van der Waals surface area contributed by atoms with E-state index in [0.29, 0.717) is 23.0 Å². The Morgan fingerprint density at radius 2 is 1.89 bits per heavy atom. The summed E-state index contributed by atoms with van der Waals surface area (Å²) in [6.45, 7) is 1.86. The molecule has 0 radical (unpaired) electrons. The van der Waals surface area contributed by atoms with Crippen LogP contribution >= 0.6 is 15.9 Å². The van der Waals surface area contributed by atoms with Gasteiger partial charge in [0, 0.05) is 17.3 Å². The Bertz CT molecular complexity index is 552. The maximum absolute atomic E-state index is 12.0. The second-order valence-corrected chi connectivity index (χ2v) is 5.46. The molecule has 1 N–H and O–H groups in total. The third-order valence-corrected chi connectivity index (χ3v) is 3.62. The van der Waals surface area contributed by atoms with Gasteiger partial charge in [0.2, 0.25) is 11.8 Å². The summed E-state index contributed by atoms with van der Waals surface area (Å²) in [6, 6.07) is 4.23. The van der Waals surface area contributed by atoms with Crippen molar-refractivity contribution in [1.82, 2.24) is 0 Å². The molecule has 0 saturated carbocycles. The highest BCUT2D eigenvalue weighted by atomic mass is 79.9. The van der Waals surface area contributed by atoms with Gasteiger partial charge in [-0.05, 0) is 40.0 Å². The predicted octanol–water partition coefficient (Wildman–Crippen LogP) is 2.44. The zero-order chi connectivity index (χ0) is 14.2. The Labute approximate surface area is 118 Å². The topological polar surface area (TPSA) is 74.7 Å². The van der Waals surface area contributed by atoms with Gasteiger partial charge >= 0.3 is 5.97 Å². The molecule has 0 spiro atoms. The molecule has 0 aromatic heterocycles. The van der Waals surface area contributed by atoms with E-state index in [2.05, 4.69) is 15.9 Å². The first-order valence-electron chi connectivity index (χ1n) is 5.78. The monoisotopic (exact) mass is 325 g/mol. The smallest absolute Gasteiger partial charge is 0.335 e. The van der Waals surface area contributed by atoms with Gasteiger partial charge in [0.15, 0.2) is 0 Å². The van der Waals surface area contributed by atoms with Gasteiger partial charge in [-0.3, -0.25) is 9.59 Å². The third-order valence-electron chi connectivity index (χ3n) is 2.98. The van der Waals surface area contributed by atoms with Crippen molar-refractivity contribution in [3.8, 4) is 0 Å². The van der Waals surface area contributed by atoms with E-state index in [0.717, 1.165) is 4.90 Å². The Kier molecular flexibility index (Phi) is 3.71. The molecule has 1 aromatic carbocycles. The van der Waals surface area contributed by atoms with Gasteiger partial charge in [0.05, 0.1) is 11.3 Å². The minimum absolute atomic E-state index is 0.0494. The van der Waals surface area contributed by atoms with E-state index in [1.807, 2.05) is 6.92 Å². The highest BCUT2D eigenvalue weighted by Gasteiger charge is 2.32. The molecule has 1 heterocycles. The second-order valence-electron chi connectivity index (χ2n) is 4.61. The van der Waals surface area contributed by atoms with Crippen molar-refractivity contribution in [3.63, 3.8) is 0 Å². The molecule has 1 aliphatic rings. The summed E-state index contributed by atoms with van der Waals surface area (Å²) < 4.78 is 0.420. The maximum atomic E-state index is 12.0. The lowest BCUT2D eigenvalue weighted by Crippen LogP contribution is -2.43. The number of rotatable bonds is 2. The van der Waals surface area contributed by atoms with E-state index in [1.54, 1.807) is 0 Å². The van der Waals surface area contributed by atoms with Gasteiger partial charge < -0.3 is 5.11 Å². The summed E-state index contributed by atoms with van der Waals surface area (Å²) in [4.78, 5) is 35.9. The SMILES string of the molecule is CC1CC(=O)N(c2ccc(C(=O)O)cc2Br)C(=O)C1. The first-order chi connectivity index (χ1) is 8.90. The van der Waals surface area contributed by atoms with Crippen molar-refractivity contribution in [1.29, 1.82) is 0 Å². The van der Waals surface area contributed by atoms with Gasteiger partial charge in [-0.15, -0.1) is 0 Å². The van der Waals surface area contributed by atoms with Crippen LogP contribution in [0, 0.1) is 5.92 Å². The number of nitrogens with zero attached hydrogens (tertiary/aromatic N) is 1. The Balaban J connectivity index is 2.39. The molecule has 19 heavy (non-hydrogen) atoms. The summed E-state index contributed by atoms with van der Waals surface area (Å²) in [5.74, 6) is -1.52. The highest BCUT2D eigenvalue weighted by Crippen LogP contribution is 2.32. The molecule has 1 aliphatic heterocycles. The highest BCUT2D eigenvalue weighted by molar-refractivity contribution is 9.10. The molecule has 100 valence electrons. The fourth-order valence-corrected chi connectivity index (χ4v) is 2.64. The van der Waals surface area contributed by atoms with Crippen LogP contribution < -0.4 is 4.90 Å². The van der Waals surface area contributed by atoms with Crippen LogP contribution in [0.5, 0.6) is 0 Å². The molecule has 5 nitrogen and oxygen atoms in total. The van der Waals surface area contributed by atoms with Gasteiger partial charge in [-0.25, -0.2) is 9.69 Å². The van der Waals surface area contributed by atoms with Crippen molar-refractivity contribution in [2.24, 2.45) is 5.92 Å². The van der Waals surface area contributed by atoms with E-state index in [1.165, 1.54) is 18.2 Å². The molecule has 1 saturated heterocycles. The summed E-state index contributed by atoms with van der Waals surface area (Å²) in [5, 5.41) is 8.88. The number of carbonyl (C=O) groups excluding carboxylic acids is 2. The quantitative estimate of drug-likeness (QED) is 0.847.